The zero-order valence-corrected chi connectivity index (χ0v) is 10.4. The molecular formula is C13H17N3O. The number of pyridine rings is 1. The summed E-state index contributed by atoms with van der Waals surface area (Å²) in [5.74, 6) is 2.78. The molecule has 0 saturated heterocycles. The van der Waals surface area contributed by atoms with E-state index in [1.54, 1.807) is 6.26 Å². The fraction of sp³-hybridized carbons (Fsp3) is 0.308. The molecule has 0 aliphatic carbocycles. The van der Waals surface area contributed by atoms with E-state index < -0.39 is 0 Å². The summed E-state index contributed by atoms with van der Waals surface area (Å²) in [6.07, 6.45) is 1.72. The normalized spacial score (nSPS) is 10.3. The van der Waals surface area contributed by atoms with Crippen molar-refractivity contribution in [2.75, 3.05) is 24.3 Å². The van der Waals surface area contributed by atoms with Crippen LogP contribution in [0.25, 0.3) is 0 Å². The molecule has 0 unspecified atom stereocenters. The molecule has 4 nitrogen and oxygen atoms in total. The first kappa shape index (κ1) is 11.5. The number of nitrogens with one attached hydrogen (secondary N) is 1. The first-order valence-electron chi connectivity index (χ1n) is 5.59. The van der Waals surface area contributed by atoms with E-state index in [2.05, 4.69) is 15.2 Å². The van der Waals surface area contributed by atoms with E-state index in [0.29, 0.717) is 0 Å². The molecule has 0 aromatic carbocycles. The maximum absolute atomic E-state index is 5.29. The van der Waals surface area contributed by atoms with Crippen LogP contribution in [0.4, 0.5) is 11.6 Å². The molecule has 2 heterocycles. The second-order valence-electron chi connectivity index (χ2n) is 3.99. The smallest absolute Gasteiger partial charge is 0.130 e. The van der Waals surface area contributed by atoms with Gasteiger partial charge in [-0.25, -0.2) is 4.98 Å². The third-order valence-corrected chi connectivity index (χ3v) is 2.76. The first-order valence-corrected chi connectivity index (χ1v) is 5.59. The number of hydrogen-bond acceptors (Lipinski definition) is 4. The number of rotatable bonds is 4. The molecule has 4 heteroatoms. The Morgan fingerprint density at radius 2 is 2.18 bits per heavy atom. The molecule has 0 amide bonds. The molecule has 0 fully saturated rings. The Labute approximate surface area is 101 Å². The Morgan fingerprint density at radius 1 is 1.35 bits per heavy atom. The molecule has 0 radical (unpaired) electrons. The van der Waals surface area contributed by atoms with Crippen molar-refractivity contribution in [3.8, 4) is 0 Å². The van der Waals surface area contributed by atoms with Gasteiger partial charge in [0.05, 0.1) is 6.26 Å². The van der Waals surface area contributed by atoms with Crippen LogP contribution in [0.3, 0.4) is 0 Å². The van der Waals surface area contributed by atoms with Gasteiger partial charge in [-0.15, -0.1) is 0 Å². The van der Waals surface area contributed by atoms with Crippen LogP contribution >= 0.6 is 0 Å². The maximum atomic E-state index is 5.29. The maximum Gasteiger partial charge on any atom is 0.130 e. The summed E-state index contributed by atoms with van der Waals surface area (Å²) >= 11 is 0. The molecule has 90 valence electrons. The van der Waals surface area contributed by atoms with Gasteiger partial charge < -0.3 is 14.6 Å². The van der Waals surface area contributed by atoms with Gasteiger partial charge in [0, 0.05) is 26.2 Å². The highest BCUT2D eigenvalue weighted by atomic mass is 16.3. The largest absolute Gasteiger partial charge is 0.469 e. The predicted octanol–water partition coefficient (Wildman–Crippen LogP) is 2.66. The molecule has 0 atom stereocenters. The summed E-state index contributed by atoms with van der Waals surface area (Å²) in [5, 5.41) is 3.04. The van der Waals surface area contributed by atoms with Gasteiger partial charge in [0.2, 0.25) is 0 Å². The average molecular weight is 231 g/mol. The SMILES string of the molecule is CNc1cccc(N(C)Cc2ccoc2C)n1. The Hall–Kier alpha value is -1.97. The van der Waals surface area contributed by atoms with Gasteiger partial charge in [0.25, 0.3) is 0 Å². The lowest BCUT2D eigenvalue weighted by Gasteiger charge is -2.18. The van der Waals surface area contributed by atoms with Gasteiger partial charge in [-0.2, -0.15) is 0 Å². The molecule has 2 aromatic rings. The Morgan fingerprint density at radius 3 is 2.82 bits per heavy atom. The third-order valence-electron chi connectivity index (χ3n) is 2.76. The van der Waals surface area contributed by atoms with E-state index in [9.17, 15) is 0 Å². The van der Waals surface area contributed by atoms with Crippen LogP contribution in [-0.2, 0) is 6.54 Å². The molecule has 0 spiro atoms. The zero-order chi connectivity index (χ0) is 12.3. The van der Waals surface area contributed by atoms with Crippen molar-refractivity contribution in [3.05, 3.63) is 41.9 Å². The number of furan rings is 1. The molecule has 0 bridgehead atoms. The monoisotopic (exact) mass is 231 g/mol. The van der Waals surface area contributed by atoms with Gasteiger partial charge >= 0.3 is 0 Å². The van der Waals surface area contributed by atoms with Crippen LogP contribution in [-0.4, -0.2) is 19.1 Å². The van der Waals surface area contributed by atoms with Crippen molar-refractivity contribution in [1.82, 2.24) is 4.98 Å². The Kier molecular flexibility index (Phi) is 3.32. The van der Waals surface area contributed by atoms with Gasteiger partial charge in [0.15, 0.2) is 0 Å². The number of aromatic nitrogens is 1. The van der Waals surface area contributed by atoms with E-state index in [1.165, 1.54) is 5.56 Å². The minimum absolute atomic E-state index is 0.794. The number of anilines is 2. The molecule has 1 N–H and O–H groups in total. The summed E-state index contributed by atoms with van der Waals surface area (Å²) in [4.78, 5) is 6.58. The second-order valence-corrected chi connectivity index (χ2v) is 3.99. The zero-order valence-electron chi connectivity index (χ0n) is 10.4. The van der Waals surface area contributed by atoms with Crippen molar-refractivity contribution in [1.29, 1.82) is 0 Å². The molecule has 17 heavy (non-hydrogen) atoms. The van der Waals surface area contributed by atoms with Crippen LogP contribution < -0.4 is 10.2 Å². The van der Waals surface area contributed by atoms with E-state index >= 15 is 0 Å². The minimum Gasteiger partial charge on any atom is -0.469 e. The van der Waals surface area contributed by atoms with Gasteiger partial charge in [-0.1, -0.05) is 6.07 Å². The summed E-state index contributed by atoms with van der Waals surface area (Å²) in [5.41, 5.74) is 1.18. The lowest BCUT2D eigenvalue weighted by Crippen LogP contribution is -2.18. The molecule has 2 rings (SSSR count). The fourth-order valence-electron chi connectivity index (χ4n) is 1.69. The third kappa shape index (κ3) is 2.58. The van der Waals surface area contributed by atoms with Crippen molar-refractivity contribution in [2.45, 2.75) is 13.5 Å². The summed E-state index contributed by atoms with van der Waals surface area (Å²) in [6.45, 7) is 2.77. The first-order chi connectivity index (χ1) is 8.20. The van der Waals surface area contributed by atoms with Crippen molar-refractivity contribution in [3.63, 3.8) is 0 Å². The van der Waals surface area contributed by atoms with E-state index in [4.69, 9.17) is 4.42 Å². The van der Waals surface area contributed by atoms with E-state index in [0.717, 1.165) is 23.9 Å². The van der Waals surface area contributed by atoms with Crippen molar-refractivity contribution < 1.29 is 4.42 Å². The van der Waals surface area contributed by atoms with Gasteiger partial charge in [-0.05, 0) is 25.1 Å². The quantitative estimate of drug-likeness (QED) is 0.878. The van der Waals surface area contributed by atoms with E-state index in [-0.39, 0.29) is 0 Å². The lowest BCUT2D eigenvalue weighted by atomic mass is 10.2. The Balaban J connectivity index is 2.14. The highest BCUT2D eigenvalue weighted by Gasteiger charge is 2.07. The summed E-state index contributed by atoms with van der Waals surface area (Å²) in [7, 11) is 3.89. The number of hydrogen-bond donors (Lipinski definition) is 1. The van der Waals surface area contributed by atoms with E-state index in [1.807, 2.05) is 45.3 Å². The molecular weight excluding hydrogens is 214 g/mol. The summed E-state index contributed by atoms with van der Waals surface area (Å²) < 4.78 is 5.29. The predicted molar refractivity (Wildman–Crippen MR) is 69.3 cm³/mol. The van der Waals surface area contributed by atoms with Crippen molar-refractivity contribution in [2.24, 2.45) is 0 Å². The van der Waals surface area contributed by atoms with Crippen LogP contribution in [0, 0.1) is 6.92 Å². The van der Waals surface area contributed by atoms with Crippen LogP contribution in [0.2, 0.25) is 0 Å². The lowest BCUT2D eigenvalue weighted by molar-refractivity contribution is 0.529. The number of aryl methyl sites for hydroxylation is 1. The van der Waals surface area contributed by atoms with Crippen LogP contribution in [0.5, 0.6) is 0 Å². The van der Waals surface area contributed by atoms with Crippen LogP contribution in [0.15, 0.2) is 34.9 Å². The van der Waals surface area contributed by atoms with Crippen molar-refractivity contribution >= 4 is 11.6 Å². The summed E-state index contributed by atoms with van der Waals surface area (Å²) in [6, 6.07) is 7.93. The molecule has 0 saturated carbocycles. The topological polar surface area (TPSA) is 41.3 Å². The molecule has 0 aliphatic rings. The fourth-order valence-corrected chi connectivity index (χ4v) is 1.69. The number of nitrogens with zero attached hydrogens (tertiary/aromatic N) is 2. The second kappa shape index (κ2) is 4.91. The average Bonchev–Trinajstić information content (AvgIpc) is 2.75. The van der Waals surface area contributed by atoms with Gasteiger partial charge in [-0.3, -0.25) is 0 Å². The molecule has 0 aliphatic heterocycles. The molecule has 2 aromatic heterocycles. The van der Waals surface area contributed by atoms with Gasteiger partial charge in [0.1, 0.15) is 17.4 Å². The highest BCUT2D eigenvalue weighted by molar-refractivity contribution is 5.46. The Bertz CT molecular complexity index is 493. The van der Waals surface area contributed by atoms with Crippen LogP contribution in [0.1, 0.15) is 11.3 Å². The highest BCUT2D eigenvalue weighted by Crippen LogP contribution is 2.17. The minimum atomic E-state index is 0.794. The standard InChI is InChI=1S/C13H17N3O/c1-10-11(7-8-17-10)9-16(3)13-6-4-5-12(14-2)15-13/h4-8H,9H2,1-3H3,(H,14,15).